The molecule has 10 rings (SSSR count). The molecule has 4 heteroatoms. The maximum absolute atomic E-state index is 6.38. The van der Waals surface area contributed by atoms with Gasteiger partial charge in [0.1, 0.15) is 11.2 Å². The zero-order chi connectivity index (χ0) is 30.2. The van der Waals surface area contributed by atoms with Crippen molar-refractivity contribution >= 4 is 92.3 Å². The molecule has 0 amide bonds. The number of anilines is 3. The molecule has 3 aromatic heterocycles. The molecule has 0 bridgehead atoms. The molecule has 7 aromatic carbocycles. The van der Waals surface area contributed by atoms with Crippen LogP contribution in [0.2, 0.25) is 0 Å². The van der Waals surface area contributed by atoms with Crippen LogP contribution in [0.25, 0.3) is 69.6 Å². The minimum Gasteiger partial charge on any atom is -0.456 e. The lowest BCUT2D eigenvalue weighted by atomic mass is 10.1. The Hall–Kier alpha value is -5.84. The third kappa shape index (κ3) is 3.71. The maximum atomic E-state index is 6.38. The average Bonchev–Trinajstić information content (AvgIpc) is 3.78. The molecule has 0 atom stereocenters. The first-order valence-electron chi connectivity index (χ1n) is 15.5. The van der Waals surface area contributed by atoms with Gasteiger partial charge in [-0.15, -0.1) is 11.3 Å². The summed E-state index contributed by atoms with van der Waals surface area (Å²) in [5, 5.41) is 7.23. The molecular weight excluding hydrogens is 581 g/mol. The van der Waals surface area contributed by atoms with Gasteiger partial charge in [-0.25, -0.2) is 0 Å². The van der Waals surface area contributed by atoms with Gasteiger partial charge in [0.2, 0.25) is 0 Å². The minimum absolute atomic E-state index is 0.882. The molecule has 0 fully saturated rings. The van der Waals surface area contributed by atoms with Crippen LogP contribution >= 0.6 is 11.3 Å². The van der Waals surface area contributed by atoms with E-state index < -0.39 is 0 Å². The minimum atomic E-state index is 0.882. The van der Waals surface area contributed by atoms with Gasteiger partial charge in [-0.3, -0.25) is 0 Å². The number of hydrogen-bond acceptors (Lipinski definition) is 3. The van der Waals surface area contributed by atoms with Gasteiger partial charge >= 0.3 is 0 Å². The number of rotatable bonds is 4. The second-order valence-electron chi connectivity index (χ2n) is 11.8. The number of fused-ring (bicyclic) bond motifs is 9. The molecule has 0 spiro atoms. The predicted octanol–water partition coefficient (Wildman–Crippen LogP) is 12.5. The third-order valence-corrected chi connectivity index (χ3v) is 10.3. The summed E-state index contributed by atoms with van der Waals surface area (Å²) in [6.45, 7) is 0. The van der Waals surface area contributed by atoms with Crippen LogP contribution in [0.4, 0.5) is 17.1 Å². The van der Waals surface area contributed by atoms with E-state index >= 15 is 0 Å². The zero-order valence-electron chi connectivity index (χ0n) is 24.7. The Morgan fingerprint density at radius 2 is 1.11 bits per heavy atom. The molecule has 0 aliphatic rings. The van der Waals surface area contributed by atoms with E-state index in [4.69, 9.17) is 4.42 Å². The molecule has 3 heterocycles. The highest BCUT2D eigenvalue weighted by molar-refractivity contribution is 7.25. The van der Waals surface area contributed by atoms with Crippen LogP contribution in [-0.2, 0) is 0 Å². The summed E-state index contributed by atoms with van der Waals surface area (Å²) in [7, 11) is 0. The smallest absolute Gasteiger partial charge is 0.137 e. The van der Waals surface area contributed by atoms with E-state index in [0.29, 0.717) is 0 Å². The lowest BCUT2D eigenvalue weighted by molar-refractivity contribution is 0.669. The van der Waals surface area contributed by atoms with E-state index in [1.807, 2.05) is 17.4 Å². The van der Waals surface area contributed by atoms with Crippen LogP contribution in [0.1, 0.15) is 0 Å². The van der Waals surface area contributed by atoms with Gasteiger partial charge in [0.25, 0.3) is 0 Å². The summed E-state index contributed by atoms with van der Waals surface area (Å²) >= 11 is 1.85. The Morgan fingerprint density at radius 3 is 2.00 bits per heavy atom. The van der Waals surface area contributed by atoms with Crippen LogP contribution in [0, 0.1) is 0 Å². The first-order valence-corrected chi connectivity index (χ1v) is 16.3. The second kappa shape index (κ2) is 9.83. The first-order chi connectivity index (χ1) is 22.8. The van der Waals surface area contributed by atoms with Crippen molar-refractivity contribution in [2.45, 2.75) is 0 Å². The lowest BCUT2D eigenvalue weighted by Gasteiger charge is -2.26. The number of aromatic nitrogens is 1. The SMILES string of the molecule is c1ccc(-n2c3ccccc3c3cc(N(c4ccc5sc6ccccc6c5c4)c4cccc5oc6ccccc6c45)ccc32)cc1. The summed E-state index contributed by atoms with van der Waals surface area (Å²) in [5.41, 5.74) is 8.61. The van der Waals surface area contributed by atoms with Crippen LogP contribution in [0.5, 0.6) is 0 Å². The molecule has 0 saturated carbocycles. The molecule has 46 heavy (non-hydrogen) atoms. The second-order valence-corrected chi connectivity index (χ2v) is 12.8. The first kappa shape index (κ1) is 25.5. The fourth-order valence-electron chi connectivity index (χ4n) is 7.18. The molecule has 0 radical (unpaired) electrons. The van der Waals surface area contributed by atoms with Crippen molar-refractivity contribution in [3.63, 3.8) is 0 Å². The van der Waals surface area contributed by atoms with Crippen LogP contribution < -0.4 is 4.90 Å². The third-order valence-electron chi connectivity index (χ3n) is 9.17. The Balaban J connectivity index is 1.29. The van der Waals surface area contributed by atoms with E-state index in [1.165, 1.54) is 42.0 Å². The summed E-state index contributed by atoms with van der Waals surface area (Å²) < 4.78 is 11.3. The van der Waals surface area contributed by atoms with Gasteiger partial charge < -0.3 is 13.9 Å². The van der Waals surface area contributed by atoms with E-state index in [-0.39, 0.29) is 0 Å². The van der Waals surface area contributed by atoms with Gasteiger partial charge in [-0.05, 0) is 78.9 Å². The lowest BCUT2D eigenvalue weighted by Crippen LogP contribution is -2.10. The van der Waals surface area contributed by atoms with Crippen molar-refractivity contribution in [3.05, 3.63) is 158 Å². The zero-order valence-corrected chi connectivity index (χ0v) is 25.5. The van der Waals surface area contributed by atoms with Crippen molar-refractivity contribution in [3.8, 4) is 5.69 Å². The van der Waals surface area contributed by atoms with E-state index in [1.54, 1.807) is 0 Å². The summed E-state index contributed by atoms with van der Waals surface area (Å²) in [6, 6.07) is 56.6. The molecule has 216 valence electrons. The van der Waals surface area contributed by atoms with Crippen LogP contribution in [0.3, 0.4) is 0 Å². The largest absolute Gasteiger partial charge is 0.456 e. The molecule has 3 nitrogen and oxygen atoms in total. The van der Waals surface area contributed by atoms with E-state index in [0.717, 1.165) is 44.7 Å². The number of benzene rings is 7. The number of nitrogens with zero attached hydrogens (tertiary/aromatic N) is 2. The molecule has 0 N–H and O–H groups in total. The Bertz CT molecular complexity index is 2770. The molecule has 0 aliphatic heterocycles. The maximum Gasteiger partial charge on any atom is 0.137 e. The predicted molar refractivity (Wildman–Crippen MR) is 196 cm³/mol. The van der Waals surface area contributed by atoms with Crippen LogP contribution in [0.15, 0.2) is 162 Å². The van der Waals surface area contributed by atoms with Gasteiger partial charge in [-0.1, -0.05) is 78.9 Å². The van der Waals surface area contributed by atoms with Gasteiger partial charge in [0.15, 0.2) is 0 Å². The highest BCUT2D eigenvalue weighted by Gasteiger charge is 2.22. The van der Waals surface area contributed by atoms with E-state index in [9.17, 15) is 0 Å². The van der Waals surface area contributed by atoms with Crippen molar-refractivity contribution < 1.29 is 4.42 Å². The number of thiophene rings is 1. The normalized spacial score (nSPS) is 11.9. The number of hydrogen-bond donors (Lipinski definition) is 0. The van der Waals surface area contributed by atoms with Crippen molar-refractivity contribution in [2.75, 3.05) is 4.90 Å². The molecule has 0 unspecified atom stereocenters. The standard InChI is InChI=1S/C42H26N2OS/c1-2-11-27(12-3-1)44-35-16-7-4-13-30(35)33-25-28(21-23-36(33)44)43(29-22-24-41-34(26-29)31-14-6-9-20-40(31)46-41)37-17-10-19-39-42(37)32-15-5-8-18-38(32)45-39/h1-26H. The number of furan rings is 1. The highest BCUT2D eigenvalue weighted by atomic mass is 32.1. The summed E-state index contributed by atoms with van der Waals surface area (Å²) in [4.78, 5) is 2.41. The molecule has 10 aromatic rings. The van der Waals surface area contributed by atoms with Crippen molar-refractivity contribution in [1.82, 2.24) is 4.57 Å². The summed E-state index contributed by atoms with van der Waals surface area (Å²) in [6.07, 6.45) is 0. The fourth-order valence-corrected chi connectivity index (χ4v) is 8.26. The molecule has 0 saturated heterocycles. The van der Waals surface area contributed by atoms with Crippen molar-refractivity contribution in [2.24, 2.45) is 0 Å². The Kier molecular flexibility index (Phi) is 5.45. The van der Waals surface area contributed by atoms with Crippen LogP contribution in [-0.4, -0.2) is 4.57 Å². The average molecular weight is 607 g/mol. The quantitative estimate of drug-likeness (QED) is 0.199. The Labute approximate surface area is 268 Å². The van der Waals surface area contributed by atoms with Gasteiger partial charge in [0, 0.05) is 53.4 Å². The highest BCUT2D eigenvalue weighted by Crippen LogP contribution is 2.46. The monoisotopic (exact) mass is 606 g/mol. The summed E-state index contributed by atoms with van der Waals surface area (Å²) in [5.74, 6) is 0. The fraction of sp³-hybridized carbons (Fsp3) is 0. The number of para-hydroxylation sites is 3. The van der Waals surface area contributed by atoms with Gasteiger partial charge in [0.05, 0.1) is 22.1 Å². The molecular formula is C42H26N2OS. The van der Waals surface area contributed by atoms with Crippen molar-refractivity contribution in [1.29, 1.82) is 0 Å². The van der Waals surface area contributed by atoms with E-state index in [2.05, 4.69) is 161 Å². The Morgan fingerprint density at radius 1 is 0.457 bits per heavy atom. The topological polar surface area (TPSA) is 21.3 Å². The van der Waals surface area contributed by atoms with Gasteiger partial charge in [-0.2, -0.15) is 0 Å². The molecule has 0 aliphatic carbocycles.